The monoisotopic (exact) mass is 355 g/mol. The van der Waals surface area contributed by atoms with Gasteiger partial charge in [0.25, 0.3) is 0 Å². The molecule has 2 aromatic rings. The number of nitrogen functional groups attached to an aromatic ring is 1. The first-order valence-electron chi connectivity index (χ1n) is 6.33. The van der Waals surface area contributed by atoms with Gasteiger partial charge in [0, 0.05) is 26.2 Å². The summed E-state index contributed by atoms with van der Waals surface area (Å²) in [6, 6.07) is 2.10. The third-order valence-corrected chi connectivity index (χ3v) is 4.57. The normalized spacial score (nSPS) is 10.9. The Balaban J connectivity index is 2.23. The van der Waals surface area contributed by atoms with E-state index in [1.165, 1.54) is 4.88 Å². The first-order valence-corrected chi connectivity index (χ1v) is 8.00. The number of hydrogen-bond acceptors (Lipinski definition) is 6. The van der Waals surface area contributed by atoms with Crippen LogP contribution in [0.4, 0.5) is 11.6 Å². The molecule has 0 aliphatic heterocycles. The Morgan fingerprint density at radius 2 is 2.05 bits per heavy atom. The van der Waals surface area contributed by atoms with Gasteiger partial charge in [-0.2, -0.15) is 0 Å². The molecule has 108 valence electrons. The van der Waals surface area contributed by atoms with Gasteiger partial charge in [0.15, 0.2) is 0 Å². The number of nitrogens with two attached hydrogens (primary N) is 1. The molecule has 0 radical (unpaired) electrons. The van der Waals surface area contributed by atoms with E-state index < -0.39 is 0 Å². The van der Waals surface area contributed by atoms with Crippen LogP contribution >= 0.6 is 27.3 Å². The molecule has 2 rings (SSSR count). The molecule has 5 nitrogen and oxygen atoms in total. The second kappa shape index (κ2) is 6.51. The molecule has 0 atom stereocenters. The molecule has 0 aliphatic rings. The fourth-order valence-electron chi connectivity index (χ4n) is 1.72. The molecule has 0 aliphatic carbocycles. The van der Waals surface area contributed by atoms with Crippen LogP contribution in [0.25, 0.3) is 0 Å². The summed E-state index contributed by atoms with van der Waals surface area (Å²) in [7, 11) is 0. The van der Waals surface area contributed by atoms with Crippen molar-refractivity contribution < 1.29 is 0 Å². The molecule has 0 saturated heterocycles. The van der Waals surface area contributed by atoms with E-state index in [0.29, 0.717) is 5.82 Å². The van der Waals surface area contributed by atoms with Crippen LogP contribution < -0.4 is 16.6 Å². The Morgan fingerprint density at radius 1 is 1.35 bits per heavy atom. The predicted octanol–water partition coefficient (Wildman–Crippen LogP) is 3.63. The zero-order valence-corrected chi connectivity index (χ0v) is 14.1. The molecule has 0 spiro atoms. The molecule has 7 heteroatoms. The molecule has 0 amide bonds. The fraction of sp³-hybridized carbons (Fsp3) is 0.385. The number of rotatable bonds is 5. The first kappa shape index (κ1) is 15.2. The van der Waals surface area contributed by atoms with Crippen molar-refractivity contribution in [2.75, 3.05) is 10.7 Å². The molecular weight excluding hydrogens is 338 g/mol. The quantitative estimate of drug-likeness (QED) is 0.563. The van der Waals surface area contributed by atoms with Gasteiger partial charge in [-0.25, -0.2) is 15.8 Å². The largest absolute Gasteiger partial charge is 0.365 e. The molecule has 0 bridgehead atoms. The van der Waals surface area contributed by atoms with Crippen LogP contribution in [-0.4, -0.2) is 9.97 Å². The van der Waals surface area contributed by atoms with E-state index in [1.54, 1.807) is 11.3 Å². The number of halogens is 1. The predicted molar refractivity (Wildman–Crippen MR) is 88.0 cm³/mol. The number of hydrazine groups is 1. The third kappa shape index (κ3) is 3.47. The first-order chi connectivity index (χ1) is 9.51. The number of nitrogens with zero attached hydrogens (tertiary/aromatic N) is 2. The standard InChI is InChI=1S/C13H18BrN5S/c1-7(2)11-17-12(8(3)13(18-11)19-15)16-5-10-4-9(14)6-20-10/h4,6-7H,5,15H2,1-3H3,(H2,16,17,18,19). The van der Waals surface area contributed by atoms with Gasteiger partial charge < -0.3 is 10.7 Å². The van der Waals surface area contributed by atoms with Crippen LogP contribution in [0, 0.1) is 6.92 Å². The molecule has 4 N–H and O–H groups in total. The minimum absolute atomic E-state index is 0.249. The van der Waals surface area contributed by atoms with Gasteiger partial charge in [-0.3, -0.25) is 0 Å². The zero-order valence-electron chi connectivity index (χ0n) is 11.7. The minimum Gasteiger partial charge on any atom is -0.365 e. The van der Waals surface area contributed by atoms with Gasteiger partial charge in [0.05, 0.1) is 6.54 Å². The van der Waals surface area contributed by atoms with Gasteiger partial charge in [-0.15, -0.1) is 11.3 Å². The summed E-state index contributed by atoms with van der Waals surface area (Å²) in [4.78, 5) is 10.2. The summed E-state index contributed by atoms with van der Waals surface area (Å²) in [5.41, 5.74) is 3.56. The Labute approximate surface area is 131 Å². The van der Waals surface area contributed by atoms with Crippen molar-refractivity contribution in [1.29, 1.82) is 0 Å². The van der Waals surface area contributed by atoms with Crippen molar-refractivity contribution in [3.63, 3.8) is 0 Å². The van der Waals surface area contributed by atoms with E-state index in [0.717, 1.165) is 28.2 Å². The maximum absolute atomic E-state index is 5.53. The maximum atomic E-state index is 5.53. The van der Waals surface area contributed by atoms with Crippen LogP contribution in [0.3, 0.4) is 0 Å². The van der Waals surface area contributed by atoms with Gasteiger partial charge >= 0.3 is 0 Å². The highest BCUT2D eigenvalue weighted by molar-refractivity contribution is 9.10. The van der Waals surface area contributed by atoms with E-state index in [1.807, 2.05) is 6.92 Å². The molecule has 0 unspecified atom stereocenters. The number of hydrogen-bond donors (Lipinski definition) is 3. The summed E-state index contributed by atoms with van der Waals surface area (Å²) in [6.07, 6.45) is 0. The van der Waals surface area contributed by atoms with Crippen molar-refractivity contribution >= 4 is 38.9 Å². The third-order valence-electron chi connectivity index (χ3n) is 2.87. The topological polar surface area (TPSA) is 75.9 Å². The highest BCUT2D eigenvalue weighted by Crippen LogP contribution is 2.24. The lowest BCUT2D eigenvalue weighted by atomic mass is 10.2. The van der Waals surface area contributed by atoms with E-state index in [-0.39, 0.29) is 5.92 Å². The highest BCUT2D eigenvalue weighted by atomic mass is 79.9. The number of thiophene rings is 1. The average Bonchev–Trinajstić information content (AvgIpc) is 2.83. The van der Waals surface area contributed by atoms with E-state index >= 15 is 0 Å². The van der Waals surface area contributed by atoms with Gasteiger partial charge in [-0.05, 0) is 28.9 Å². The average molecular weight is 356 g/mol. The lowest BCUT2D eigenvalue weighted by Crippen LogP contribution is -2.15. The van der Waals surface area contributed by atoms with E-state index in [4.69, 9.17) is 5.84 Å². The second-order valence-corrected chi connectivity index (χ2v) is 6.70. The Kier molecular flexibility index (Phi) is 4.95. The van der Waals surface area contributed by atoms with Crippen molar-refractivity contribution in [3.8, 4) is 0 Å². The summed E-state index contributed by atoms with van der Waals surface area (Å²) in [6.45, 7) is 6.80. The summed E-state index contributed by atoms with van der Waals surface area (Å²) < 4.78 is 1.10. The van der Waals surface area contributed by atoms with Gasteiger partial charge in [0.2, 0.25) is 0 Å². The molecule has 0 aromatic carbocycles. The van der Waals surface area contributed by atoms with Crippen LogP contribution in [0.2, 0.25) is 0 Å². The van der Waals surface area contributed by atoms with Crippen LogP contribution in [0.15, 0.2) is 15.9 Å². The van der Waals surface area contributed by atoms with Gasteiger partial charge in [-0.1, -0.05) is 13.8 Å². The summed E-state index contributed by atoms with van der Waals surface area (Å²) in [5, 5.41) is 5.42. The van der Waals surface area contributed by atoms with Crippen LogP contribution in [0.5, 0.6) is 0 Å². The molecule has 2 heterocycles. The Bertz CT molecular complexity index is 596. The molecular formula is C13H18BrN5S. The van der Waals surface area contributed by atoms with Crippen molar-refractivity contribution in [3.05, 3.63) is 32.2 Å². The van der Waals surface area contributed by atoms with Crippen molar-refractivity contribution in [2.24, 2.45) is 5.84 Å². The minimum atomic E-state index is 0.249. The van der Waals surface area contributed by atoms with Crippen LogP contribution in [0.1, 0.15) is 36.0 Å². The lowest BCUT2D eigenvalue weighted by Gasteiger charge is -2.14. The van der Waals surface area contributed by atoms with Crippen molar-refractivity contribution in [1.82, 2.24) is 9.97 Å². The van der Waals surface area contributed by atoms with E-state index in [9.17, 15) is 0 Å². The number of nitrogens with one attached hydrogen (secondary N) is 2. The maximum Gasteiger partial charge on any atom is 0.148 e. The second-order valence-electron chi connectivity index (χ2n) is 4.79. The zero-order chi connectivity index (χ0) is 14.7. The Hall–Kier alpha value is -1.18. The summed E-state index contributed by atoms with van der Waals surface area (Å²) >= 11 is 5.16. The SMILES string of the molecule is Cc1c(NN)nc(C(C)C)nc1NCc1cc(Br)cs1. The smallest absolute Gasteiger partial charge is 0.148 e. The highest BCUT2D eigenvalue weighted by Gasteiger charge is 2.12. The fourth-order valence-corrected chi connectivity index (χ4v) is 3.11. The lowest BCUT2D eigenvalue weighted by molar-refractivity contribution is 0.772. The molecule has 0 fully saturated rings. The van der Waals surface area contributed by atoms with Gasteiger partial charge in [0.1, 0.15) is 17.5 Å². The molecule has 20 heavy (non-hydrogen) atoms. The molecule has 2 aromatic heterocycles. The summed E-state index contributed by atoms with van der Waals surface area (Å²) in [5.74, 6) is 8.04. The van der Waals surface area contributed by atoms with Crippen LogP contribution in [-0.2, 0) is 6.54 Å². The number of anilines is 2. The van der Waals surface area contributed by atoms with E-state index in [2.05, 4.69) is 61.9 Å². The number of aromatic nitrogens is 2. The molecule has 0 saturated carbocycles. The van der Waals surface area contributed by atoms with Crippen molar-refractivity contribution in [2.45, 2.75) is 33.2 Å². The Morgan fingerprint density at radius 3 is 2.60 bits per heavy atom.